The molecule has 0 aliphatic rings. The molecule has 0 atom stereocenters. The number of aldehydes is 1. The van der Waals surface area contributed by atoms with E-state index in [4.69, 9.17) is 0 Å². The molecule has 0 radical (unpaired) electrons. The van der Waals surface area contributed by atoms with E-state index in [0.717, 1.165) is 38.2 Å². The van der Waals surface area contributed by atoms with Crippen molar-refractivity contribution in [1.82, 2.24) is 10.2 Å². The van der Waals surface area contributed by atoms with E-state index in [2.05, 4.69) is 37.9 Å². The van der Waals surface area contributed by atoms with E-state index in [1.165, 1.54) is 64.2 Å². The van der Waals surface area contributed by atoms with Crippen molar-refractivity contribution in [1.29, 1.82) is 0 Å². The van der Waals surface area contributed by atoms with Crippen LogP contribution in [0, 0.1) is 0 Å². The van der Waals surface area contributed by atoms with Crippen LogP contribution in [0.15, 0.2) is 0 Å². The quantitative estimate of drug-likeness (QED) is 0.196. The molecule has 1 N–H and O–H groups in total. The number of hydrogen-bond acceptors (Lipinski definition) is 4. The second-order valence-corrected chi connectivity index (χ2v) is 11.0. The van der Waals surface area contributed by atoms with Gasteiger partial charge in [-0.05, 0) is 13.0 Å². The van der Waals surface area contributed by atoms with E-state index in [9.17, 15) is 9.59 Å². The van der Waals surface area contributed by atoms with Crippen molar-refractivity contribution < 1.29 is 9.59 Å². The number of nitrogens with zero attached hydrogens (tertiary/aromatic N) is 1. The molecule has 0 bridgehead atoms. The van der Waals surface area contributed by atoms with Crippen LogP contribution in [0.4, 0.5) is 0 Å². The third-order valence-electron chi connectivity index (χ3n) is 5.01. The zero-order valence-corrected chi connectivity index (χ0v) is 20.6. The summed E-state index contributed by atoms with van der Waals surface area (Å²) in [5.41, 5.74) is 0. The highest BCUT2D eigenvalue weighted by molar-refractivity contribution is 8.00. The standard InChI is InChI=1S/C24H48N2O2S/c1-5-6-7-8-9-10-11-12-13-14-18-26(19-15-21-27)20-16-23(28)25-17-22-29-24(2,3)4/h21H,5-20,22H2,1-4H3,(H,25,28). The Labute approximate surface area is 185 Å². The Morgan fingerprint density at radius 1 is 0.897 bits per heavy atom. The van der Waals surface area contributed by atoms with Gasteiger partial charge in [0.25, 0.3) is 0 Å². The fourth-order valence-corrected chi connectivity index (χ4v) is 4.11. The molecule has 0 aliphatic heterocycles. The lowest BCUT2D eigenvalue weighted by Gasteiger charge is -2.21. The van der Waals surface area contributed by atoms with Crippen LogP contribution in [-0.2, 0) is 9.59 Å². The van der Waals surface area contributed by atoms with Gasteiger partial charge < -0.3 is 15.0 Å². The number of hydrogen-bond donors (Lipinski definition) is 1. The van der Waals surface area contributed by atoms with E-state index in [1.807, 2.05) is 11.8 Å². The monoisotopic (exact) mass is 428 g/mol. The lowest BCUT2D eigenvalue weighted by atomic mass is 10.1. The van der Waals surface area contributed by atoms with E-state index in [-0.39, 0.29) is 10.7 Å². The SMILES string of the molecule is CCCCCCCCCCCCN(CCC=O)CCC(=O)NCCSC(C)(C)C. The smallest absolute Gasteiger partial charge is 0.221 e. The summed E-state index contributed by atoms with van der Waals surface area (Å²) in [4.78, 5) is 25.1. The Bertz CT molecular complexity index is 397. The molecule has 0 saturated carbocycles. The van der Waals surface area contributed by atoms with Gasteiger partial charge in [-0.25, -0.2) is 0 Å². The maximum atomic E-state index is 12.1. The van der Waals surface area contributed by atoms with E-state index in [1.54, 1.807) is 0 Å². The molecule has 5 heteroatoms. The van der Waals surface area contributed by atoms with Crippen LogP contribution in [0.3, 0.4) is 0 Å². The largest absolute Gasteiger partial charge is 0.355 e. The van der Waals surface area contributed by atoms with Crippen LogP contribution in [-0.4, -0.2) is 53.8 Å². The van der Waals surface area contributed by atoms with Crippen molar-refractivity contribution in [3.05, 3.63) is 0 Å². The summed E-state index contributed by atoms with van der Waals surface area (Å²) in [6.45, 7) is 12.1. The first-order chi connectivity index (χ1) is 13.9. The van der Waals surface area contributed by atoms with Crippen molar-refractivity contribution >= 4 is 24.0 Å². The summed E-state index contributed by atoms with van der Waals surface area (Å²) < 4.78 is 0.241. The van der Waals surface area contributed by atoms with Gasteiger partial charge in [0.2, 0.25) is 5.91 Å². The molecule has 0 saturated heterocycles. The predicted octanol–water partition coefficient (Wildman–Crippen LogP) is 5.84. The summed E-state index contributed by atoms with van der Waals surface area (Å²) in [7, 11) is 0. The number of thioether (sulfide) groups is 1. The molecule has 172 valence electrons. The minimum Gasteiger partial charge on any atom is -0.355 e. The van der Waals surface area contributed by atoms with Gasteiger partial charge in [0, 0.05) is 43.0 Å². The second kappa shape index (κ2) is 19.4. The highest BCUT2D eigenvalue weighted by Gasteiger charge is 2.11. The van der Waals surface area contributed by atoms with E-state index >= 15 is 0 Å². The number of nitrogens with one attached hydrogen (secondary N) is 1. The third-order valence-corrected chi connectivity index (χ3v) is 6.28. The summed E-state index contributed by atoms with van der Waals surface area (Å²) in [6, 6.07) is 0. The van der Waals surface area contributed by atoms with Crippen LogP contribution in [0.25, 0.3) is 0 Å². The van der Waals surface area contributed by atoms with Crippen LogP contribution in [0.2, 0.25) is 0 Å². The van der Waals surface area contributed by atoms with Gasteiger partial charge in [-0.3, -0.25) is 4.79 Å². The Kier molecular flexibility index (Phi) is 19.0. The van der Waals surface area contributed by atoms with Gasteiger partial charge in [0.1, 0.15) is 6.29 Å². The molecule has 0 aromatic heterocycles. The average molecular weight is 429 g/mol. The molecule has 0 aliphatic carbocycles. The Morgan fingerprint density at radius 2 is 1.48 bits per heavy atom. The van der Waals surface area contributed by atoms with Gasteiger partial charge in [0.05, 0.1) is 0 Å². The van der Waals surface area contributed by atoms with Crippen LogP contribution >= 0.6 is 11.8 Å². The molecule has 0 unspecified atom stereocenters. The van der Waals surface area contributed by atoms with E-state index in [0.29, 0.717) is 12.8 Å². The Balaban J connectivity index is 3.79. The molecule has 0 aromatic rings. The predicted molar refractivity (Wildman–Crippen MR) is 129 cm³/mol. The molecular weight excluding hydrogens is 380 g/mol. The first kappa shape index (κ1) is 28.5. The molecular formula is C24H48N2O2S. The summed E-state index contributed by atoms with van der Waals surface area (Å²) in [5, 5.41) is 3.02. The number of rotatable bonds is 20. The topological polar surface area (TPSA) is 49.4 Å². The van der Waals surface area contributed by atoms with Crippen molar-refractivity contribution in [2.45, 2.75) is 109 Å². The van der Waals surface area contributed by atoms with Gasteiger partial charge in [-0.15, -0.1) is 0 Å². The molecule has 29 heavy (non-hydrogen) atoms. The number of unbranched alkanes of at least 4 members (excludes halogenated alkanes) is 9. The zero-order valence-electron chi connectivity index (χ0n) is 19.8. The van der Waals surface area contributed by atoms with Gasteiger partial charge in [-0.1, -0.05) is 85.5 Å². The molecule has 4 nitrogen and oxygen atoms in total. The lowest BCUT2D eigenvalue weighted by molar-refractivity contribution is -0.121. The fraction of sp³-hybridized carbons (Fsp3) is 0.917. The van der Waals surface area contributed by atoms with Crippen molar-refractivity contribution in [3.63, 3.8) is 0 Å². The highest BCUT2D eigenvalue weighted by Crippen LogP contribution is 2.22. The molecule has 0 fully saturated rings. The van der Waals surface area contributed by atoms with Crippen molar-refractivity contribution in [2.75, 3.05) is 31.9 Å². The van der Waals surface area contributed by atoms with E-state index < -0.39 is 0 Å². The normalized spacial score (nSPS) is 11.8. The first-order valence-corrected chi connectivity index (χ1v) is 12.9. The molecule has 1 amide bonds. The first-order valence-electron chi connectivity index (χ1n) is 12.0. The minimum absolute atomic E-state index is 0.124. The Morgan fingerprint density at radius 3 is 2.03 bits per heavy atom. The Hall–Kier alpha value is -0.550. The van der Waals surface area contributed by atoms with Gasteiger partial charge in [-0.2, -0.15) is 11.8 Å². The molecule has 0 spiro atoms. The number of carbonyl (C=O) groups excluding carboxylic acids is 2. The molecule has 0 aromatic carbocycles. The highest BCUT2D eigenvalue weighted by atomic mass is 32.2. The average Bonchev–Trinajstić information content (AvgIpc) is 2.67. The van der Waals surface area contributed by atoms with Crippen LogP contribution in [0.5, 0.6) is 0 Å². The van der Waals surface area contributed by atoms with Gasteiger partial charge in [0.15, 0.2) is 0 Å². The number of carbonyl (C=O) groups is 2. The fourth-order valence-electron chi connectivity index (χ4n) is 3.29. The maximum absolute atomic E-state index is 12.1. The van der Waals surface area contributed by atoms with Crippen molar-refractivity contribution in [3.8, 4) is 0 Å². The summed E-state index contributed by atoms with van der Waals surface area (Å²) in [5.74, 6) is 1.07. The minimum atomic E-state index is 0.124. The second-order valence-electron chi connectivity index (χ2n) is 9.04. The lowest BCUT2D eigenvalue weighted by Crippen LogP contribution is -2.33. The third kappa shape index (κ3) is 22.0. The zero-order chi connectivity index (χ0) is 21.8. The molecule has 0 rings (SSSR count). The molecule has 0 heterocycles. The van der Waals surface area contributed by atoms with Gasteiger partial charge >= 0.3 is 0 Å². The maximum Gasteiger partial charge on any atom is 0.221 e. The van der Waals surface area contributed by atoms with Crippen LogP contribution < -0.4 is 5.32 Å². The summed E-state index contributed by atoms with van der Waals surface area (Å²) >= 11 is 1.87. The van der Waals surface area contributed by atoms with Crippen LogP contribution in [0.1, 0.15) is 105 Å². The summed E-state index contributed by atoms with van der Waals surface area (Å²) in [6.07, 6.45) is 15.4. The van der Waals surface area contributed by atoms with Crippen molar-refractivity contribution in [2.24, 2.45) is 0 Å². The number of amides is 1.